The van der Waals surface area contributed by atoms with Crippen LogP contribution in [-0.2, 0) is 6.54 Å². The van der Waals surface area contributed by atoms with E-state index < -0.39 is 0 Å². The molecule has 98 valence electrons. The molecule has 1 aromatic heterocycles. The molecule has 0 saturated carbocycles. The number of guanidine groups is 1. The van der Waals surface area contributed by atoms with Gasteiger partial charge in [-0.25, -0.2) is 9.98 Å². The van der Waals surface area contributed by atoms with Crippen LogP contribution >= 0.6 is 35.3 Å². The molecule has 0 aliphatic heterocycles. The van der Waals surface area contributed by atoms with Crippen molar-refractivity contribution in [1.82, 2.24) is 10.3 Å². The smallest absolute Gasteiger partial charge is 0.189 e. The molecule has 17 heavy (non-hydrogen) atoms. The summed E-state index contributed by atoms with van der Waals surface area (Å²) in [5.41, 5.74) is 6.85. The zero-order valence-corrected chi connectivity index (χ0v) is 13.9. The highest BCUT2D eigenvalue weighted by Gasteiger charge is 2.03. The van der Waals surface area contributed by atoms with Crippen LogP contribution in [0.5, 0.6) is 0 Å². The van der Waals surface area contributed by atoms with Crippen molar-refractivity contribution < 1.29 is 0 Å². The molecule has 6 heteroatoms. The van der Waals surface area contributed by atoms with E-state index in [0.29, 0.717) is 18.5 Å². The number of halogens is 1. The second kappa shape index (κ2) is 7.86. The first kappa shape index (κ1) is 16.6. The molecule has 0 spiro atoms. The van der Waals surface area contributed by atoms with Crippen LogP contribution in [0.25, 0.3) is 0 Å². The number of aliphatic imine (C=N–C) groups is 1. The largest absolute Gasteiger partial charge is 0.370 e. The van der Waals surface area contributed by atoms with E-state index >= 15 is 0 Å². The SMILES string of the molecule is CCC(C)NC(N)=NCc1nc(C)c(C)s1.I. The highest BCUT2D eigenvalue weighted by molar-refractivity contribution is 14.0. The van der Waals surface area contributed by atoms with Crippen LogP contribution in [0.3, 0.4) is 0 Å². The minimum Gasteiger partial charge on any atom is -0.370 e. The number of rotatable bonds is 4. The topological polar surface area (TPSA) is 63.3 Å². The van der Waals surface area contributed by atoms with Crippen molar-refractivity contribution in [3.63, 3.8) is 0 Å². The summed E-state index contributed by atoms with van der Waals surface area (Å²) in [6.45, 7) is 8.84. The lowest BCUT2D eigenvalue weighted by Crippen LogP contribution is -2.38. The van der Waals surface area contributed by atoms with Gasteiger partial charge in [0.25, 0.3) is 0 Å². The molecule has 0 bridgehead atoms. The fourth-order valence-corrected chi connectivity index (χ4v) is 2.02. The van der Waals surface area contributed by atoms with Crippen LogP contribution in [0, 0.1) is 13.8 Å². The third-order valence-corrected chi connectivity index (χ3v) is 3.52. The summed E-state index contributed by atoms with van der Waals surface area (Å²) in [6, 6.07) is 0.364. The molecule has 1 heterocycles. The first-order valence-corrected chi connectivity index (χ1v) is 6.34. The van der Waals surface area contributed by atoms with E-state index in [2.05, 4.69) is 36.1 Å². The standard InChI is InChI=1S/C11H20N4S.HI/c1-5-7(2)14-11(12)13-6-10-15-8(3)9(4)16-10;/h7H,5-6H2,1-4H3,(H3,12,13,14);1H. The van der Waals surface area contributed by atoms with Gasteiger partial charge in [0.15, 0.2) is 5.96 Å². The summed E-state index contributed by atoms with van der Waals surface area (Å²) in [5.74, 6) is 0.500. The second-order valence-electron chi connectivity index (χ2n) is 3.90. The number of nitrogens with two attached hydrogens (primary N) is 1. The Kier molecular flexibility index (Phi) is 7.69. The van der Waals surface area contributed by atoms with Gasteiger partial charge in [0.1, 0.15) is 5.01 Å². The first-order valence-electron chi connectivity index (χ1n) is 5.52. The monoisotopic (exact) mass is 368 g/mol. The molecule has 0 radical (unpaired) electrons. The third kappa shape index (κ3) is 5.67. The quantitative estimate of drug-likeness (QED) is 0.488. The first-order chi connectivity index (χ1) is 7.52. The second-order valence-corrected chi connectivity index (χ2v) is 5.19. The highest BCUT2D eigenvalue weighted by atomic mass is 127. The summed E-state index contributed by atoms with van der Waals surface area (Å²) in [6.07, 6.45) is 1.03. The van der Waals surface area contributed by atoms with Crippen LogP contribution < -0.4 is 11.1 Å². The van der Waals surface area contributed by atoms with Gasteiger partial charge in [0, 0.05) is 10.9 Å². The van der Waals surface area contributed by atoms with Crippen molar-refractivity contribution in [2.24, 2.45) is 10.7 Å². The number of nitrogens with one attached hydrogen (secondary N) is 1. The molecule has 0 aliphatic carbocycles. The van der Waals surface area contributed by atoms with Crippen LogP contribution in [0.2, 0.25) is 0 Å². The van der Waals surface area contributed by atoms with Gasteiger partial charge >= 0.3 is 0 Å². The third-order valence-electron chi connectivity index (χ3n) is 2.46. The average Bonchev–Trinajstić information content (AvgIpc) is 2.55. The predicted octanol–water partition coefficient (Wildman–Crippen LogP) is 2.58. The van der Waals surface area contributed by atoms with E-state index in [9.17, 15) is 0 Å². The molecule has 0 aliphatic rings. The maximum atomic E-state index is 5.76. The van der Waals surface area contributed by atoms with Gasteiger partial charge in [-0.15, -0.1) is 35.3 Å². The number of thiazole rings is 1. The van der Waals surface area contributed by atoms with E-state index in [1.165, 1.54) is 4.88 Å². The number of aryl methyl sites for hydroxylation is 2. The minimum absolute atomic E-state index is 0. The Morgan fingerprint density at radius 2 is 2.18 bits per heavy atom. The highest BCUT2D eigenvalue weighted by Crippen LogP contribution is 2.16. The van der Waals surface area contributed by atoms with E-state index in [0.717, 1.165) is 17.1 Å². The molecule has 3 N–H and O–H groups in total. The number of hydrogen-bond donors (Lipinski definition) is 2. The average molecular weight is 368 g/mol. The van der Waals surface area contributed by atoms with Gasteiger partial charge in [0.05, 0.1) is 12.2 Å². The summed E-state index contributed by atoms with van der Waals surface area (Å²) in [7, 11) is 0. The van der Waals surface area contributed by atoms with Gasteiger partial charge in [0.2, 0.25) is 0 Å². The van der Waals surface area contributed by atoms with Crippen molar-refractivity contribution in [2.75, 3.05) is 0 Å². The molecule has 1 aromatic rings. The fraction of sp³-hybridized carbons (Fsp3) is 0.636. The molecule has 1 rings (SSSR count). The van der Waals surface area contributed by atoms with Gasteiger partial charge in [-0.2, -0.15) is 0 Å². The van der Waals surface area contributed by atoms with E-state index in [-0.39, 0.29) is 24.0 Å². The van der Waals surface area contributed by atoms with Crippen LogP contribution in [-0.4, -0.2) is 17.0 Å². The Morgan fingerprint density at radius 3 is 2.65 bits per heavy atom. The summed E-state index contributed by atoms with van der Waals surface area (Å²) in [4.78, 5) is 9.93. The maximum absolute atomic E-state index is 5.76. The Morgan fingerprint density at radius 1 is 1.53 bits per heavy atom. The lowest BCUT2D eigenvalue weighted by atomic mass is 10.3. The molecule has 0 aromatic carbocycles. The van der Waals surface area contributed by atoms with E-state index in [4.69, 9.17) is 5.73 Å². The number of hydrogen-bond acceptors (Lipinski definition) is 3. The van der Waals surface area contributed by atoms with Crippen molar-refractivity contribution in [1.29, 1.82) is 0 Å². The molecule has 1 atom stereocenters. The predicted molar refractivity (Wildman–Crippen MR) is 85.2 cm³/mol. The lowest BCUT2D eigenvalue weighted by Gasteiger charge is -2.11. The molecule has 0 amide bonds. The summed E-state index contributed by atoms with van der Waals surface area (Å²) in [5, 5.41) is 4.14. The molecule has 0 saturated heterocycles. The molecule has 0 fully saturated rings. The number of nitrogens with zero attached hydrogens (tertiary/aromatic N) is 2. The van der Waals surface area contributed by atoms with E-state index in [1.54, 1.807) is 11.3 Å². The Bertz CT molecular complexity index is 356. The maximum Gasteiger partial charge on any atom is 0.189 e. The fourth-order valence-electron chi connectivity index (χ4n) is 1.16. The van der Waals surface area contributed by atoms with Crippen LogP contribution in [0.1, 0.15) is 35.8 Å². The lowest BCUT2D eigenvalue weighted by molar-refractivity contribution is 0.636. The van der Waals surface area contributed by atoms with Gasteiger partial charge < -0.3 is 11.1 Å². The van der Waals surface area contributed by atoms with Crippen LogP contribution in [0.15, 0.2) is 4.99 Å². The van der Waals surface area contributed by atoms with Crippen molar-refractivity contribution >= 4 is 41.3 Å². The van der Waals surface area contributed by atoms with Crippen molar-refractivity contribution in [2.45, 2.75) is 46.7 Å². The zero-order valence-electron chi connectivity index (χ0n) is 10.8. The van der Waals surface area contributed by atoms with Gasteiger partial charge in [-0.05, 0) is 27.2 Å². The van der Waals surface area contributed by atoms with Gasteiger partial charge in [-0.1, -0.05) is 6.92 Å². The van der Waals surface area contributed by atoms with E-state index in [1.807, 2.05) is 6.92 Å². The Hall–Kier alpha value is -0.370. The molecular weight excluding hydrogens is 347 g/mol. The van der Waals surface area contributed by atoms with Crippen molar-refractivity contribution in [3.8, 4) is 0 Å². The molecule has 1 unspecified atom stereocenters. The normalized spacial score (nSPS) is 13.1. The Balaban J connectivity index is 0.00000256. The van der Waals surface area contributed by atoms with Crippen molar-refractivity contribution in [3.05, 3.63) is 15.6 Å². The summed E-state index contributed by atoms with van der Waals surface area (Å²) < 4.78 is 0. The Labute approximate surface area is 124 Å². The zero-order chi connectivity index (χ0) is 12.1. The van der Waals surface area contributed by atoms with Crippen LogP contribution in [0.4, 0.5) is 0 Å². The minimum atomic E-state index is 0. The van der Waals surface area contributed by atoms with Gasteiger partial charge in [-0.3, -0.25) is 0 Å². The molecule has 4 nitrogen and oxygen atoms in total. The number of aromatic nitrogens is 1. The molecular formula is C11H21IN4S. The summed E-state index contributed by atoms with van der Waals surface area (Å²) >= 11 is 1.68.